The molecule has 1 aliphatic heterocycles. The van der Waals surface area contributed by atoms with Crippen LogP contribution in [0.4, 0.5) is 0 Å². The number of halogens is 2. The Balaban J connectivity index is 2.03. The van der Waals surface area contributed by atoms with Crippen LogP contribution in [0.5, 0.6) is 17.2 Å². The van der Waals surface area contributed by atoms with Crippen molar-refractivity contribution in [2.45, 2.75) is 4.83 Å². The molecule has 2 aromatic carbocycles. The Morgan fingerprint density at radius 1 is 1.10 bits per heavy atom. The Hall–Kier alpha value is -1.39. The number of methoxy groups -OCH3 is 1. The lowest BCUT2D eigenvalue weighted by Gasteiger charge is -2.22. The van der Waals surface area contributed by atoms with E-state index in [1.54, 1.807) is 13.2 Å². The molecule has 1 atom stereocenters. The number of benzene rings is 2. The van der Waals surface area contributed by atoms with Crippen LogP contribution in [0.15, 0.2) is 36.4 Å². The third-order valence-electron chi connectivity index (χ3n) is 3.35. The lowest BCUT2D eigenvalue weighted by molar-refractivity contribution is 0.171. The SMILES string of the molecule is COc1ccccc1C(Br)c1cc2c(cc1Cl)OCCO2. The monoisotopic (exact) mass is 368 g/mol. The van der Waals surface area contributed by atoms with Crippen LogP contribution in [0.3, 0.4) is 0 Å². The van der Waals surface area contributed by atoms with Gasteiger partial charge in [-0.3, -0.25) is 0 Å². The van der Waals surface area contributed by atoms with E-state index in [2.05, 4.69) is 15.9 Å². The Morgan fingerprint density at radius 2 is 1.76 bits per heavy atom. The average Bonchev–Trinajstić information content (AvgIpc) is 2.53. The topological polar surface area (TPSA) is 27.7 Å². The van der Waals surface area contributed by atoms with Crippen LogP contribution in [-0.4, -0.2) is 20.3 Å². The van der Waals surface area contributed by atoms with Crippen LogP contribution >= 0.6 is 27.5 Å². The Bertz CT molecular complexity index is 660. The van der Waals surface area contributed by atoms with Crippen molar-refractivity contribution < 1.29 is 14.2 Å². The zero-order chi connectivity index (χ0) is 14.8. The highest BCUT2D eigenvalue weighted by atomic mass is 79.9. The summed E-state index contributed by atoms with van der Waals surface area (Å²) in [5.74, 6) is 2.22. The van der Waals surface area contributed by atoms with Gasteiger partial charge in [0, 0.05) is 16.7 Å². The first-order valence-electron chi connectivity index (χ1n) is 6.56. The van der Waals surface area contributed by atoms with E-state index in [9.17, 15) is 0 Å². The van der Waals surface area contributed by atoms with Gasteiger partial charge in [0.2, 0.25) is 0 Å². The van der Waals surface area contributed by atoms with Crippen molar-refractivity contribution in [3.8, 4) is 17.2 Å². The quantitative estimate of drug-likeness (QED) is 0.740. The van der Waals surface area contributed by atoms with Gasteiger partial charge in [-0.2, -0.15) is 0 Å². The molecule has 0 aliphatic carbocycles. The van der Waals surface area contributed by atoms with Crippen LogP contribution in [0.2, 0.25) is 5.02 Å². The molecule has 0 radical (unpaired) electrons. The molecule has 1 heterocycles. The van der Waals surface area contributed by atoms with Crippen molar-refractivity contribution in [1.29, 1.82) is 0 Å². The van der Waals surface area contributed by atoms with Crippen molar-refractivity contribution >= 4 is 27.5 Å². The van der Waals surface area contributed by atoms with Crippen LogP contribution in [0.1, 0.15) is 16.0 Å². The zero-order valence-electron chi connectivity index (χ0n) is 11.4. The van der Waals surface area contributed by atoms with Crippen molar-refractivity contribution in [3.63, 3.8) is 0 Å². The molecule has 0 N–H and O–H groups in total. The summed E-state index contributed by atoms with van der Waals surface area (Å²) < 4.78 is 16.6. The minimum absolute atomic E-state index is 0.0861. The smallest absolute Gasteiger partial charge is 0.162 e. The van der Waals surface area contributed by atoms with E-state index < -0.39 is 0 Å². The van der Waals surface area contributed by atoms with E-state index >= 15 is 0 Å². The van der Waals surface area contributed by atoms with E-state index in [1.807, 2.05) is 30.3 Å². The molecule has 0 amide bonds. The first-order valence-corrected chi connectivity index (χ1v) is 7.86. The summed E-state index contributed by atoms with van der Waals surface area (Å²) in [5, 5.41) is 0.632. The van der Waals surface area contributed by atoms with Gasteiger partial charge in [0.15, 0.2) is 11.5 Å². The van der Waals surface area contributed by atoms with E-state index in [0.29, 0.717) is 24.0 Å². The Morgan fingerprint density at radius 3 is 2.48 bits per heavy atom. The van der Waals surface area contributed by atoms with Gasteiger partial charge in [0.1, 0.15) is 19.0 Å². The standard InChI is InChI=1S/C16H14BrClO3/c1-19-13-5-3-2-4-10(13)16(17)11-8-14-15(9-12(11)18)21-7-6-20-14/h2-5,8-9,16H,6-7H2,1H3. The third-order valence-corrected chi connectivity index (χ3v) is 4.66. The van der Waals surface area contributed by atoms with Gasteiger partial charge >= 0.3 is 0 Å². The molecule has 21 heavy (non-hydrogen) atoms. The highest BCUT2D eigenvalue weighted by molar-refractivity contribution is 9.09. The Labute approximate surface area is 136 Å². The number of ether oxygens (including phenoxy) is 3. The molecule has 3 nitrogen and oxygen atoms in total. The van der Waals surface area contributed by atoms with Gasteiger partial charge in [-0.15, -0.1) is 0 Å². The second kappa shape index (κ2) is 6.16. The molecular weight excluding hydrogens is 356 g/mol. The molecule has 110 valence electrons. The summed E-state index contributed by atoms with van der Waals surface area (Å²) in [7, 11) is 1.66. The number of alkyl halides is 1. The molecule has 0 saturated heterocycles. The summed E-state index contributed by atoms with van der Waals surface area (Å²) in [6.07, 6.45) is 0. The molecule has 1 aliphatic rings. The molecule has 0 aromatic heterocycles. The minimum atomic E-state index is -0.0861. The second-order valence-corrected chi connectivity index (χ2v) is 5.94. The van der Waals surface area contributed by atoms with Gasteiger partial charge < -0.3 is 14.2 Å². The number of fused-ring (bicyclic) bond motifs is 1. The zero-order valence-corrected chi connectivity index (χ0v) is 13.8. The largest absolute Gasteiger partial charge is 0.496 e. The van der Waals surface area contributed by atoms with Crippen molar-refractivity contribution in [2.75, 3.05) is 20.3 Å². The maximum Gasteiger partial charge on any atom is 0.162 e. The predicted molar refractivity (Wildman–Crippen MR) is 86.2 cm³/mol. The second-order valence-electron chi connectivity index (χ2n) is 4.62. The summed E-state index contributed by atoms with van der Waals surface area (Å²) in [6, 6.07) is 11.6. The average molecular weight is 370 g/mol. The molecule has 5 heteroatoms. The van der Waals surface area contributed by atoms with Gasteiger partial charge in [-0.25, -0.2) is 0 Å². The molecule has 0 saturated carbocycles. The number of rotatable bonds is 3. The predicted octanol–water partition coefficient (Wildman–Crippen LogP) is 4.60. The lowest BCUT2D eigenvalue weighted by atomic mass is 10.0. The first-order chi connectivity index (χ1) is 10.2. The molecular formula is C16H14BrClO3. The number of para-hydroxylation sites is 1. The summed E-state index contributed by atoms with van der Waals surface area (Å²) in [5.41, 5.74) is 1.93. The number of hydrogen-bond acceptors (Lipinski definition) is 3. The van der Waals surface area contributed by atoms with E-state index in [0.717, 1.165) is 22.6 Å². The summed E-state index contributed by atoms with van der Waals surface area (Å²) in [4.78, 5) is -0.0861. The molecule has 1 unspecified atom stereocenters. The molecule has 0 bridgehead atoms. The molecule has 2 aromatic rings. The van der Waals surface area contributed by atoms with Gasteiger partial charge in [-0.05, 0) is 17.7 Å². The normalized spacial score (nSPS) is 14.6. The first kappa shape index (κ1) is 14.5. The van der Waals surface area contributed by atoms with Crippen LogP contribution in [-0.2, 0) is 0 Å². The van der Waals surface area contributed by atoms with E-state index in [1.165, 1.54) is 0 Å². The van der Waals surface area contributed by atoms with Gasteiger partial charge in [0.25, 0.3) is 0 Å². The molecule has 3 rings (SSSR count). The van der Waals surface area contributed by atoms with Gasteiger partial charge in [-0.1, -0.05) is 45.7 Å². The molecule has 0 fully saturated rings. The van der Waals surface area contributed by atoms with E-state index in [4.69, 9.17) is 25.8 Å². The van der Waals surface area contributed by atoms with Crippen LogP contribution in [0, 0.1) is 0 Å². The fourth-order valence-corrected chi connectivity index (χ4v) is 3.47. The van der Waals surface area contributed by atoms with Crippen LogP contribution < -0.4 is 14.2 Å². The fourth-order valence-electron chi connectivity index (χ4n) is 2.32. The summed E-state index contributed by atoms with van der Waals surface area (Å²) >= 11 is 10.1. The molecule has 0 spiro atoms. The number of hydrogen-bond donors (Lipinski definition) is 0. The van der Waals surface area contributed by atoms with Crippen molar-refractivity contribution in [1.82, 2.24) is 0 Å². The maximum absolute atomic E-state index is 6.40. The van der Waals surface area contributed by atoms with Crippen molar-refractivity contribution in [2.24, 2.45) is 0 Å². The fraction of sp³-hybridized carbons (Fsp3) is 0.250. The Kier molecular flexibility index (Phi) is 4.27. The van der Waals surface area contributed by atoms with Crippen LogP contribution in [0.25, 0.3) is 0 Å². The highest BCUT2D eigenvalue weighted by Crippen LogP contribution is 2.44. The third kappa shape index (κ3) is 2.83. The lowest BCUT2D eigenvalue weighted by Crippen LogP contribution is -2.15. The van der Waals surface area contributed by atoms with E-state index in [-0.39, 0.29) is 4.83 Å². The maximum atomic E-state index is 6.40. The highest BCUT2D eigenvalue weighted by Gasteiger charge is 2.22. The summed E-state index contributed by atoms with van der Waals surface area (Å²) in [6.45, 7) is 1.10. The minimum Gasteiger partial charge on any atom is -0.496 e. The van der Waals surface area contributed by atoms with Crippen molar-refractivity contribution in [3.05, 3.63) is 52.5 Å². The van der Waals surface area contributed by atoms with Gasteiger partial charge in [0.05, 0.1) is 11.9 Å².